The Hall–Kier alpha value is -1.88. The molecule has 0 radical (unpaired) electrons. The van der Waals surface area contributed by atoms with E-state index in [2.05, 4.69) is 10.2 Å². The number of nitrogens with zero attached hydrogens (tertiary/aromatic N) is 4. The lowest BCUT2D eigenvalue weighted by atomic mass is 10.1. The Morgan fingerprint density at radius 3 is 2.85 bits per heavy atom. The van der Waals surface area contributed by atoms with Gasteiger partial charge in [-0.25, -0.2) is 0 Å². The fraction of sp³-hybridized carbons (Fsp3) is 0.357. The number of carbonyl (C=O) groups is 1. The third-order valence-corrected chi connectivity index (χ3v) is 4.01. The van der Waals surface area contributed by atoms with Crippen molar-refractivity contribution in [1.29, 1.82) is 0 Å². The molecule has 3 rings (SSSR count). The van der Waals surface area contributed by atoms with E-state index in [0.717, 1.165) is 17.2 Å². The summed E-state index contributed by atoms with van der Waals surface area (Å²) in [7, 11) is 0. The SMILES string of the molecule is Cc1nnc2n1[C@@H](C)C(=O)N(Cc1ccccc1Cl)C2. The summed E-state index contributed by atoms with van der Waals surface area (Å²) in [5, 5.41) is 8.87. The van der Waals surface area contributed by atoms with E-state index in [9.17, 15) is 4.79 Å². The molecule has 6 heteroatoms. The minimum atomic E-state index is -0.267. The summed E-state index contributed by atoms with van der Waals surface area (Å²) in [6, 6.07) is 7.31. The highest BCUT2D eigenvalue weighted by Crippen LogP contribution is 2.25. The van der Waals surface area contributed by atoms with Gasteiger partial charge in [0.1, 0.15) is 11.9 Å². The third-order valence-electron chi connectivity index (χ3n) is 3.64. The summed E-state index contributed by atoms with van der Waals surface area (Å²) >= 11 is 6.16. The van der Waals surface area contributed by atoms with Crippen LogP contribution in [0.2, 0.25) is 5.02 Å². The van der Waals surface area contributed by atoms with Crippen molar-refractivity contribution in [3.63, 3.8) is 0 Å². The smallest absolute Gasteiger partial charge is 0.246 e. The van der Waals surface area contributed by atoms with Crippen LogP contribution in [0.3, 0.4) is 0 Å². The minimum Gasteiger partial charge on any atom is -0.329 e. The van der Waals surface area contributed by atoms with E-state index in [1.54, 1.807) is 4.90 Å². The highest BCUT2D eigenvalue weighted by molar-refractivity contribution is 6.31. The molecule has 2 aromatic rings. The number of halogens is 1. The van der Waals surface area contributed by atoms with Crippen molar-refractivity contribution in [3.8, 4) is 0 Å². The number of carbonyl (C=O) groups excluding carboxylic acids is 1. The number of amides is 1. The first-order valence-electron chi connectivity index (χ1n) is 6.50. The molecule has 0 saturated heterocycles. The van der Waals surface area contributed by atoms with Gasteiger partial charge in [-0.3, -0.25) is 4.79 Å². The summed E-state index contributed by atoms with van der Waals surface area (Å²) in [5.74, 6) is 1.67. The molecular weight excluding hydrogens is 276 g/mol. The molecule has 0 fully saturated rings. The molecule has 2 heterocycles. The zero-order valence-electron chi connectivity index (χ0n) is 11.4. The maximum absolute atomic E-state index is 12.5. The second-order valence-electron chi connectivity index (χ2n) is 5.00. The molecule has 1 aliphatic heterocycles. The number of benzene rings is 1. The molecule has 1 aromatic carbocycles. The molecule has 0 spiro atoms. The monoisotopic (exact) mass is 290 g/mol. The Labute approximate surface area is 122 Å². The molecule has 0 unspecified atom stereocenters. The van der Waals surface area contributed by atoms with Crippen molar-refractivity contribution in [2.45, 2.75) is 33.0 Å². The Kier molecular flexibility index (Phi) is 3.22. The second-order valence-corrected chi connectivity index (χ2v) is 5.40. The molecule has 1 atom stereocenters. The van der Waals surface area contributed by atoms with Crippen LogP contribution < -0.4 is 0 Å². The molecule has 104 valence electrons. The van der Waals surface area contributed by atoms with Gasteiger partial charge in [-0.1, -0.05) is 29.8 Å². The van der Waals surface area contributed by atoms with Gasteiger partial charge >= 0.3 is 0 Å². The molecule has 1 amide bonds. The van der Waals surface area contributed by atoms with Crippen LogP contribution >= 0.6 is 11.6 Å². The predicted octanol–water partition coefficient (Wildman–Crippen LogP) is 2.34. The number of hydrogen-bond acceptors (Lipinski definition) is 3. The zero-order chi connectivity index (χ0) is 14.3. The average Bonchev–Trinajstić information content (AvgIpc) is 2.79. The van der Waals surface area contributed by atoms with Crippen molar-refractivity contribution < 1.29 is 4.79 Å². The van der Waals surface area contributed by atoms with Crippen LogP contribution in [0.15, 0.2) is 24.3 Å². The minimum absolute atomic E-state index is 0.0697. The van der Waals surface area contributed by atoms with Crippen LogP contribution in [0.4, 0.5) is 0 Å². The lowest BCUT2D eigenvalue weighted by Gasteiger charge is -2.32. The Bertz CT molecular complexity index is 667. The zero-order valence-corrected chi connectivity index (χ0v) is 12.1. The van der Waals surface area contributed by atoms with E-state index < -0.39 is 0 Å². The fourth-order valence-corrected chi connectivity index (χ4v) is 2.81. The van der Waals surface area contributed by atoms with Crippen LogP contribution in [0.5, 0.6) is 0 Å². The van der Waals surface area contributed by atoms with Crippen molar-refractivity contribution in [2.24, 2.45) is 0 Å². The van der Waals surface area contributed by atoms with Crippen molar-refractivity contribution in [1.82, 2.24) is 19.7 Å². The van der Waals surface area contributed by atoms with Gasteiger partial charge in [0.25, 0.3) is 0 Å². The maximum atomic E-state index is 12.5. The van der Waals surface area contributed by atoms with Crippen molar-refractivity contribution in [3.05, 3.63) is 46.5 Å². The molecule has 1 aromatic heterocycles. The number of aryl methyl sites for hydroxylation is 1. The normalized spacial score (nSPS) is 18.2. The molecular formula is C14H15ClN4O. The molecule has 0 bridgehead atoms. The number of fused-ring (bicyclic) bond motifs is 1. The standard InChI is InChI=1S/C14H15ClN4O/c1-9-14(20)18(7-11-5-3-4-6-12(11)15)8-13-17-16-10(2)19(9)13/h3-6,9H,7-8H2,1-2H3/t9-/m0/s1. The molecule has 0 N–H and O–H groups in total. The topological polar surface area (TPSA) is 51.0 Å². The number of aromatic nitrogens is 3. The van der Waals surface area contributed by atoms with Gasteiger partial charge in [-0.15, -0.1) is 10.2 Å². The first-order valence-corrected chi connectivity index (χ1v) is 6.88. The van der Waals surface area contributed by atoms with E-state index in [1.807, 2.05) is 42.7 Å². The fourth-order valence-electron chi connectivity index (χ4n) is 2.61. The van der Waals surface area contributed by atoms with Gasteiger partial charge in [-0.05, 0) is 25.5 Å². The van der Waals surface area contributed by atoms with Crippen LogP contribution in [0.1, 0.15) is 30.2 Å². The maximum Gasteiger partial charge on any atom is 0.246 e. The van der Waals surface area contributed by atoms with Crippen LogP contribution in [0, 0.1) is 6.92 Å². The summed E-state index contributed by atoms with van der Waals surface area (Å²) in [5.41, 5.74) is 0.944. The van der Waals surface area contributed by atoms with Gasteiger partial charge in [0.2, 0.25) is 5.91 Å². The second kappa shape index (κ2) is 4.90. The Morgan fingerprint density at radius 1 is 1.35 bits per heavy atom. The lowest BCUT2D eigenvalue weighted by Crippen LogP contribution is -2.41. The van der Waals surface area contributed by atoms with Gasteiger partial charge in [0.05, 0.1) is 6.54 Å². The van der Waals surface area contributed by atoms with Crippen LogP contribution in [-0.4, -0.2) is 25.6 Å². The molecule has 5 nitrogen and oxygen atoms in total. The van der Waals surface area contributed by atoms with Gasteiger partial charge in [-0.2, -0.15) is 0 Å². The van der Waals surface area contributed by atoms with Gasteiger partial charge < -0.3 is 9.47 Å². The summed E-state index contributed by atoms with van der Waals surface area (Å²) < 4.78 is 1.89. The van der Waals surface area contributed by atoms with E-state index in [0.29, 0.717) is 18.1 Å². The highest BCUT2D eigenvalue weighted by atomic mass is 35.5. The predicted molar refractivity (Wildman–Crippen MR) is 75.2 cm³/mol. The summed E-state index contributed by atoms with van der Waals surface area (Å²) in [4.78, 5) is 14.2. The highest BCUT2D eigenvalue weighted by Gasteiger charge is 2.32. The first kappa shape index (κ1) is 13.1. The Balaban J connectivity index is 1.90. The van der Waals surface area contributed by atoms with E-state index in [1.165, 1.54) is 0 Å². The first-order chi connectivity index (χ1) is 9.58. The largest absolute Gasteiger partial charge is 0.329 e. The van der Waals surface area contributed by atoms with E-state index in [-0.39, 0.29) is 11.9 Å². The van der Waals surface area contributed by atoms with Crippen LogP contribution in [-0.2, 0) is 17.9 Å². The van der Waals surface area contributed by atoms with Gasteiger partial charge in [0.15, 0.2) is 5.82 Å². The molecule has 1 aliphatic rings. The quantitative estimate of drug-likeness (QED) is 0.853. The third kappa shape index (κ3) is 2.08. The number of hydrogen-bond donors (Lipinski definition) is 0. The van der Waals surface area contributed by atoms with Crippen LogP contribution in [0.25, 0.3) is 0 Å². The van der Waals surface area contributed by atoms with E-state index in [4.69, 9.17) is 11.6 Å². The average molecular weight is 291 g/mol. The lowest BCUT2D eigenvalue weighted by molar-refractivity contribution is -0.137. The van der Waals surface area contributed by atoms with Crippen molar-refractivity contribution in [2.75, 3.05) is 0 Å². The number of rotatable bonds is 2. The summed E-state index contributed by atoms with van der Waals surface area (Å²) in [6.45, 7) is 4.70. The van der Waals surface area contributed by atoms with E-state index >= 15 is 0 Å². The summed E-state index contributed by atoms with van der Waals surface area (Å²) in [6.07, 6.45) is 0. The molecule has 20 heavy (non-hydrogen) atoms. The Morgan fingerprint density at radius 2 is 2.10 bits per heavy atom. The van der Waals surface area contributed by atoms with Gasteiger partial charge in [0, 0.05) is 11.6 Å². The molecule has 0 saturated carbocycles. The molecule has 0 aliphatic carbocycles. The van der Waals surface area contributed by atoms with Crippen molar-refractivity contribution >= 4 is 17.5 Å².